The molecule has 0 bridgehead atoms. The number of hydrogen-bond acceptors (Lipinski definition) is 9. The van der Waals surface area contributed by atoms with E-state index in [-0.39, 0.29) is 14.0 Å². The molecule has 1 atom stereocenters. The Kier molecular flexibility index (Phi) is 8.63. The Morgan fingerprint density at radius 2 is 1.95 bits per heavy atom. The van der Waals surface area contributed by atoms with Crippen LogP contribution in [0.2, 0.25) is 0 Å². The fourth-order valence-electron chi connectivity index (χ4n) is 4.60. The summed E-state index contributed by atoms with van der Waals surface area (Å²) in [7, 11) is 3.04. The maximum absolute atomic E-state index is 14.0. The van der Waals surface area contributed by atoms with Gasteiger partial charge < -0.3 is 19.5 Å². The Labute approximate surface area is 247 Å². The lowest BCUT2D eigenvalue weighted by Gasteiger charge is -2.30. The molecule has 1 N–H and O–H groups in total. The smallest absolute Gasteiger partial charge is 0.312 e. The molecular formula is C27H27IN4O7S. The molecule has 13 heteroatoms. The molecule has 0 unspecified atom stereocenters. The Bertz CT molecular complexity index is 1720. The third-order valence-corrected chi connectivity index (χ3v) is 8.40. The van der Waals surface area contributed by atoms with Crippen LogP contribution in [-0.2, 0) is 4.79 Å². The SMILES string of the molecule is CCN(CC)C(=O)C1=C(C)N=c2s/c(=C/c3cc(I)c(O)c([N+](=O)[O-])c3)c(=O)n2[C@@H]1c1cc(OC)ccc1OC. The molecule has 2 aromatic carbocycles. The lowest BCUT2D eigenvalue weighted by Crippen LogP contribution is -2.43. The van der Waals surface area contributed by atoms with Gasteiger partial charge in [-0.3, -0.25) is 24.3 Å². The number of thiazole rings is 1. The number of nitrogens with zero attached hydrogens (tertiary/aromatic N) is 4. The van der Waals surface area contributed by atoms with Crippen molar-refractivity contribution >= 4 is 51.6 Å². The van der Waals surface area contributed by atoms with Gasteiger partial charge in [0.25, 0.3) is 11.5 Å². The zero-order valence-electron chi connectivity index (χ0n) is 22.4. The monoisotopic (exact) mass is 678 g/mol. The first-order chi connectivity index (χ1) is 19.1. The minimum atomic E-state index is -0.870. The number of methoxy groups -OCH3 is 2. The van der Waals surface area contributed by atoms with E-state index in [1.807, 2.05) is 13.8 Å². The summed E-state index contributed by atoms with van der Waals surface area (Å²) >= 11 is 2.90. The molecule has 0 saturated heterocycles. The standard InChI is InChI=1S/C27H27IN4O7S/c1-6-30(7-2)26(35)22-14(3)29-27-31(23(22)17-13-16(38-4)8-9-20(17)39-5)25(34)21(40-27)12-15-10-18(28)24(33)19(11-15)32(36)37/h8-13,23,33H,6-7H2,1-5H3/b21-12+/t23-/m1/s1. The normalized spacial score (nSPS) is 14.9. The maximum atomic E-state index is 14.0. The molecule has 1 aliphatic rings. The van der Waals surface area contributed by atoms with Crippen molar-refractivity contribution in [3.05, 3.63) is 86.1 Å². The molecule has 0 fully saturated rings. The molecule has 1 aliphatic heterocycles. The molecule has 210 valence electrons. The predicted octanol–water partition coefficient (Wildman–Crippen LogP) is 3.34. The first kappa shape index (κ1) is 29.3. The second-order valence-electron chi connectivity index (χ2n) is 8.79. The fourth-order valence-corrected chi connectivity index (χ4v) is 6.28. The second kappa shape index (κ2) is 11.8. The molecular weight excluding hydrogens is 651 g/mol. The van der Waals surface area contributed by atoms with Crippen molar-refractivity contribution < 1.29 is 24.3 Å². The van der Waals surface area contributed by atoms with Gasteiger partial charge in [-0.1, -0.05) is 11.3 Å². The number of likely N-dealkylation sites (N-methyl/N-ethyl adjacent to an activating group) is 1. The molecule has 1 aromatic heterocycles. The van der Waals surface area contributed by atoms with Crippen LogP contribution in [0.5, 0.6) is 17.2 Å². The van der Waals surface area contributed by atoms with Gasteiger partial charge in [-0.15, -0.1) is 0 Å². The van der Waals surface area contributed by atoms with Gasteiger partial charge in [0.05, 0.1) is 38.5 Å². The largest absolute Gasteiger partial charge is 0.501 e. The van der Waals surface area contributed by atoms with Crippen LogP contribution < -0.4 is 24.4 Å². The summed E-state index contributed by atoms with van der Waals surface area (Å²) in [5.41, 5.74) is 0.826. The van der Waals surface area contributed by atoms with E-state index in [4.69, 9.17) is 9.47 Å². The quantitative estimate of drug-likeness (QED) is 0.219. The number of allylic oxidation sites excluding steroid dienone is 1. The van der Waals surface area contributed by atoms with Gasteiger partial charge in [0.15, 0.2) is 4.80 Å². The molecule has 40 heavy (non-hydrogen) atoms. The third-order valence-electron chi connectivity index (χ3n) is 6.59. The van der Waals surface area contributed by atoms with Crippen LogP contribution in [0, 0.1) is 13.7 Å². The number of nitro groups is 1. The Balaban J connectivity index is 2.04. The predicted molar refractivity (Wildman–Crippen MR) is 159 cm³/mol. The average molecular weight is 679 g/mol. The van der Waals surface area contributed by atoms with Gasteiger partial charge in [0.1, 0.15) is 17.5 Å². The number of carbonyl (C=O) groups excluding carboxylic acids is 1. The van der Waals surface area contributed by atoms with Crippen LogP contribution in [0.4, 0.5) is 5.69 Å². The van der Waals surface area contributed by atoms with Gasteiger partial charge in [0, 0.05) is 24.7 Å². The van der Waals surface area contributed by atoms with Crippen molar-refractivity contribution in [3.8, 4) is 17.2 Å². The molecule has 2 heterocycles. The molecule has 0 saturated carbocycles. The summed E-state index contributed by atoms with van der Waals surface area (Å²) in [6.07, 6.45) is 1.52. The lowest BCUT2D eigenvalue weighted by molar-refractivity contribution is -0.386. The highest BCUT2D eigenvalue weighted by Crippen LogP contribution is 2.38. The van der Waals surface area contributed by atoms with E-state index in [9.17, 15) is 24.8 Å². The number of fused-ring (bicyclic) bond motifs is 1. The first-order valence-electron chi connectivity index (χ1n) is 12.3. The summed E-state index contributed by atoms with van der Waals surface area (Å²) < 4.78 is 13.1. The van der Waals surface area contributed by atoms with Crippen molar-refractivity contribution in [2.24, 2.45) is 4.99 Å². The van der Waals surface area contributed by atoms with E-state index < -0.39 is 28.0 Å². The van der Waals surface area contributed by atoms with Crippen LogP contribution in [0.25, 0.3) is 6.08 Å². The number of ether oxygens (including phenoxy) is 2. The molecule has 0 aliphatic carbocycles. The molecule has 11 nitrogen and oxygen atoms in total. The van der Waals surface area contributed by atoms with Crippen molar-refractivity contribution in [1.29, 1.82) is 0 Å². The maximum Gasteiger partial charge on any atom is 0.312 e. The summed E-state index contributed by atoms with van der Waals surface area (Å²) in [6.45, 7) is 6.43. The number of amides is 1. The summed E-state index contributed by atoms with van der Waals surface area (Å²) in [5.74, 6) is 0.292. The van der Waals surface area contributed by atoms with Crippen LogP contribution >= 0.6 is 33.9 Å². The summed E-state index contributed by atoms with van der Waals surface area (Å²) in [5, 5.41) is 21.5. The summed E-state index contributed by atoms with van der Waals surface area (Å²) in [4.78, 5) is 45.3. The van der Waals surface area contributed by atoms with Gasteiger partial charge >= 0.3 is 5.69 Å². The Hall–Kier alpha value is -3.72. The van der Waals surface area contributed by atoms with Crippen LogP contribution in [0.1, 0.15) is 37.9 Å². The minimum absolute atomic E-state index is 0.251. The first-order valence-corrected chi connectivity index (χ1v) is 14.2. The van der Waals surface area contributed by atoms with Gasteiger partial charge in [0.2, 0.25) is 5.75 Å². The van der Waals surface area contributed by atoms with Crippen LogP contribution in [0.3, 0.4) is 0 Å². The zero-order valence-corrected chi connectivity index (χ0v) is 25.4. The fraction of sp³-hybridized carbons (Fsp3) is 0.296. The number of benzene rings is 2. The van der Waals surface area contributed by atoms with E-state index in [0.717, 1.165) is 11.3 Å². The van der Waals surface area contributed by atoms with E-state index in [2.05, 4.69) is 4.99 Å². The van der Waals surface area contributed by atoms with Crippen LogP contribution in [-0.4, -0.2) is 52.7 Å². The molecule has 0 spiro atoms. The van der Waals surface area contributed by atoms with Gasteiger partial charge in [-0.05, 0) is 79.3 Å². The average Bonchev–Trinajstić information content (AvgIpc) is 3.23. The van der Waals surface area contributed by atoms with E-state index >= 15 is 0 Å². The Morgan fingerprint density at radius 1 is 1.25 bits per heavy atom. The van der Waals surface area contributed by atoms with Crippen LogP contribution in [0.15, 0.2) is 51.4 Å². The van der Waals surface area contributed by atoms with Crippen molar-refractivity contribution in [2.75, 3.05) is 27.3 Å². The molecule has 0 radical (unpaired) electrons. The highest BCUT2D eigenvalue weighted by atomic mass is 127. The van der Waals surface area contributed by atoms with E-state index in [0.29, 0.717) is 51.8 Å². The van der Waals surface area contributed by atoms with E-state index in [1.54, 1.807) is 58.7 Å². The summed E-state index contributed by atoms with van der Waals surface area (Å²) in [6, 6.07) is 7.07. The number of aromatic nitrogens is 1. The van der Waals surface area contributed by atoms with E-state index in [1.165, 1.54) is 30.9 Å². The highest BCUT2D eigenvalue weighted by Gasteiger charge is 2.36. The molecule has 4 rings (SSSR count). The number of aromatic hydroxyl groups is 1. The Morgan fingerprint density at radius 3 is 2.55 bits per heavy atom. The van der Waals surface area contributed by atoms with Gasteiger partial charge in [-0.25, -0.2) is 4.99 Å². The number of hydrogen-bond donors (Lipinski definition) is 1. The van der Waals surface area contributed by atoms with Crippen molar-refractivity contribution in [2.45, 2.75) is 26.8 Å². The number of nitro benzene ring substituents is 1. The highest BCUT2D eigenvalue weighted by molar-refractivity contribution is 14.1. The number of phenolic OH excluding ortho intramolecular Hbond substituents is 1. The van der Waals surface area contributed by atoms with Crippen molar-refractivity contribution in [1.82, 2.24) is 9.47 Å². The van der Waals surface area contributed by atoms with Crippen molar-refractivity contribution in [3.63, 3.8) is 0 Å². The lowest BCUT2D eigenvalue weighted by atomic mass is 9.93. The zero-order chi connectivity index (χ0) is 29.3. The van der Waals surface area contributed by atoms with Gasteiger partial charge in [-0.2, -0.15) is 0 Å². The molecule has 3 aromatic rings. The molecule has 1 amide bonds. The number of rotatable bonds is 8. The topological polar surface area (TPSA) is 137 Å². The minimum Gasteiger partial charge on any atom is -0.501 e. The number of phenols is 1. The number of halogens is 1. The number of carbonyl (C=O) groups is 1. The second-order valence-corrected chi connectivity index (χ2v) is 11.0. The third kappa shape index (κ3) is 5.22.